The van der Waals surface area contributed by atoms with Gasteiger partial charge in [-0.1, -0.05) is 23.7 Å². The van der Waals surface area contributed by atoms with Crippen molar-refractivity contribution in [2.75, 3.05) is 14.1 Å². The first-order valence-electron chi connectivity index (χ1n) is 6.37. The second kappa shape index (κ2) is 6.89. The summed E-state index contributed by atoms with van der Waals surface area (Å²) in [6, 6.07) is 10.5. The van der Waals surface area contributed by atoms with Crippen LogP contribution < -0.4 is 5.32 Å². The molecule has 0 saturated heterocycles. The van der Waals surface area contributed by atoms with Crippen molar-refractivity contribution in [2.45, 2.75) is 18.0 Å². The van der Waals surface area contributed by atoms with Gasteiger partial charge in [0, 0.05) is 25.0 Å². The molecule has 0 aliphatic rings. The minimum Gasteiger partial charge on any atom is -0.316 e. The van der Waals surface area contributed by atoms with Crippen LogP contribution in [0.15, 0.2) is 41.3 Å². The third kappa shape index (κ3) is 4.05. The fraction of sp³-hybridized carbons (Fsp3) is 0.286. The summed E-state index contributed by atoms with van der Waals surface area (Å²) in [6.45, 7) is 1.03. The van der Waals surface area contributed by atoms with Crippen LogP contribution in [0.5, 0.6) is 0 Å². The van der Waals surface area contributed by atoms with Crippen LogP contribution in [0.2, 0.25) is 4.34 Å². The number of thiophene rings is 1. The van der Waals surface area contributed by atoms with Crippen LogP contribution in [-0.2, 0) is 23.1 Å². The molecular weight excluding hydrogens is 328 g/mol. The van der Waals surface area contributed by atoms with Crippen molar-refractivity contribution in [1.29, 1.82) is 0 Å². The lowest BCUT2D eigenvalue weighted by atomic mass is 10.2. The average molecular weight is 345 g/mol. The second-order valence-corrected chi connectivity index (χ2v) is 8.49. The number of nitrogens with one attached hydrogen (secondary N) is 1. The Bertz CT molecular complexity index is 696. The van der Waals surface area contributed by atoms with E-state index < -0.39 is 10.0 Å². The number of sulfonamides is 1. The number of benzene rings is 1. The highest BCUT2D eigenvalue weighted by Gasteiger charge is 2.21. The van der Waals surface area contributed by atoms with Gasteiger partial charge in [-0.25, -0.2) is 8.42 Å². The molecule has 7 heteroatoms. The van der Waals surface area contributed by atoms with Crippen LogP contribution in [-0.4, -0.2) is 26.8 Å². The van der Waals surface area contributed by atoms with Crippen molar-refractivity contribution in [3.05, 3.63) is 51.2 Å². The predicted octanol–water partition coefficient (Wildman–Crippen LogP) is 2.94. The van der Waals surface area contributed by atoms with E-state index >= 15 is 0 Å². The summed E-state index contributed by atoms with van der Waals surface area (Å²) in [4.78, 5) is 1.21. The molecule has 0 saturated carbocycles. The molecule has 114 valence electrons. The van der Waals surface area contributed by atoms with Crippen molar-refractivity contribution in [3.8, 4) is 0 Å². The summed E-state index contributed by atoms with van der Waals surface area (Å²) in [6.07, 6.45) is 0. The minimum atomic E-state index is -3.48. The zero-order chi connectivity index (χ0) is 15.5. The predicted molar refractivity (Wildman–Crippen MR) is 87.2 cm³/mol. The number of rotatable bonds is 6. The van der Waals surface area contributed by atoms with Crippen molar-refractivity contribution < 1.29 is 8.42 Å². The third-order valence-corrected chi connectivity index (χ3v) is 6.05. The number of nitrogens with zero attached hydrogens (tertiary/aromatic N) is 1. The Hall–Kier alpha value is -0.920. The smallest absolute Gasteiger partial charge is 0.243 e. The highest BCUT2D eigenvalue weighted by Crippen LogP contribution is 2.24. The molecule has 1 heterocycles. The molecular formula is C14H17ClN2O2S2. The maximum absolute atomic E-state index is 12.5. The van der Waals surface area contributed by atoms with Gasteiger partial charge in [0.1, 0.15) is 0 Å². The number of hydrogen-bond acceptors (Lipinski definition) is 4. The van der Waals surface area contributed by atoms with Crippen LogP contribution in [0.4, 0.5) is 0 Å². The van der Waals surface area contributed by atoms with Gasteiger partial charge in [0.25, 0.3) is 0 Å². The third-order valence-electron chi connectivity index (χ3n) is 3.02. The van der Waals surface area contributed by atoms with E-state index in [1.165, 1.54) is 15.6 Å². The van der Waals surface area contributed by atoms with Crippen LogP contribution in [0.3, 0.4) is 0 Å². The molecule has 0 radical (unpaired) electrons. The lowest BCUT2D eigenvalue weighted by Gasteiger charge is -2.16. The van der Waals surface area contributed by atoms with E-state index in [-0.39, 0.29) is 0 Å². The summed E-state index contributed by atoms with van der Waals surface area (Å²) < 4.78 is 27.0. The Kier molecular flexibility index (Phi) is 5.40. The monoisotopic (exact) mass is 344 g/mol. The Labute approximate surface area is 134 Å². The van der Waals surface area contributed by atoms with E-state index in [1.54, 1.807) is 25.2 Å². The largest absolute Gasteiger partial charge is 0.316 e. The van der Waals surface area contributed by atoms with Gasteiger partial charge in [0.15, 0.2) is 0 Å². The minimum absolute atomic E-state index is 0.299. The molecule has 0 bridgehead atoms. The van der Waals surface area contributed by atoms with Gasteiger partial charge in [-0.3, -0.25) is 0 Å². The highest BCUT2D eigenvalue weighted by atomic mass is 35.5. The van der Waals surface area contributed by atoms with Gasteiger partial charge < -0.3 is 5.32 Å². The van der Waals surface area contributed by atoms with E-state index in [1.807, 2.05) is 25.2 Å². The first-order valence-corrected chi connectivity index (χ1v) is 9.01. The van der Waals surface area contributed by atoms with Gasteiger partial charge in [-0.05, 0) is 36.9 Å². The van der Waals surface area contributed by atoms with E-state index in [0.29, 0.717) is 22.3 Å². The molecule has 4 nitrogen and oxygen atoms in total. The molecule has 1 aromatic carbocycles. The van der Waals surface area contributed by atoms with Gasteiger partial charge in [0.05, 0.1) is 9.23 Å². The van der Waals surface area contributed by atoms with Gasteiger partial charge in [-0.2, -0.15) is 4.31 Å². The van der Waals surface area contributed by atoms with Crippen molar-refractivity contribution in [3.63, 3.8) is 0 Å². The molecule has 0 atom stereocenters. The van der Waals surface area contributed by atoms with Gasteiger partial charge in [-0.15, -0.1) is 11.3 Å². The molecule has 2 aromatic rings. The topological polar surface area (TPSA) is 49.4 Å². The van der Waals surface area contributed by atoms with Gasteiger partial charge >= 0.3 is 0 Å². The fourth-order valence-electron chi connectivity index (χ4n) is 1.90. The Morgan fingerprint density at radius 2 is 1.86 bits per heavy atom. The summed E-state index contributed by atoms with van der Waals surface area (Å²) in [5.41, 5.74) is 1.05. The molecule has 2 rings (SSSR count). The molecule has 0 unspecified atom stereocenters. The maximum Gasteiger partial charge on any atom is 0.243 e. The quantitative estimate of drug-likeness (QED) is 0.876. The summed E-state index contributed by atoms with van der Waals surface area (Å²) in [5, 5.41) is 3.03. The molecule has 0 spiro atoms. The molecule has 1 N–H and O–H groups in total. The number of hydrogen-bond donors (Lipinski definition) is 1. The fourth-order valence-corrected chi connectivity index (χ4v) is 4.28. The standard InChI is InChI=1S/C14H17ClN2O2S2/c1-16-9-11-3-6-13(7-4-11)21(18,19)17(2)10-12-5-8-14(15)20-12/h3-8,16H,9-10H2,1-2H3. The molecule has 0 fully saturated rings. The second-order valence-electron chi connectivity index (χ2n) is 4.64. The SMILES string of the molecule is CNCc1ccc(S(=O)(=O)N(C)Cc2ccc(Cl)s2)cc1. The molecule has 21 heavy (non-hydrogen) atoms. The average Bonchev–Trinajstić information content (AvgIpc) is 2.85. The van der Waals surface area contributed by atoms with Gasteiger partial charge in [0.2, 0.25) is 10.0 Å². The van der Waals surface area contributed by atoms with Crippen LogP contribution >= 0.6 is 22.9 Å². The zero-order valence-electron chi connectivity index (χ0n) is 11.8. The molecule has 0 aliphatic heterocycles. The lowest BCUT2D eigenvalue weighted by molar-refractivity contribution is 0.469. The maximum atomic E-state index is 12.5. The van der Waals surface area contributed by atoms with E-state index in [4.69, 9.17) is 11.6 Å². The Balaban J connectivity index is 2.16. The van der Waals surface area contributed by atoms with Crippen molar-refractivity contribution >= 4 is 33.0 Å². The Morgan fingerprint density at radius 1 is 1.19 bits per heavy atom. The summed E-state index contributed by atoms with van der Waals surface area (Å²) >= 11 is 7.25. The molecule has 1 aromatic heterocycles. The zero-order valence-corrected chi connectivity index (χ0v) is 14.2. The van der Waals surface area contributed by atoms with Crippen LogP contribution in [0.25, 0.3) is 0 Å². The Morgan fingerprint density at radius 3 is 2.38 bits per heavy atom. The van der Waals surface area contributed by atoms with Crippen LogP contribution in [0.1, 0.15) is 10.4 Å². The molecule has 0 amide bonds. The first-order chi connectivity index (χ1) is 9.93. The van der Waals surface area contributed by atoms with Crippen LogP contribution in [0, 0.1) is 0 Å². The molecule has 0 aliphatic carbocycles. The summed E-state index contributed by atoms with van der Waals surface area (Å²) in [7, 11) is -0.0575. The first kappa shape index (κ1) is 16.5. The lowest BCUT2D eigenvalue weighted by Crippen LogP contribution is -2.26. The van der Waals surface area contributed by atoms with Crippen molar-refractivity contribution in [2.24, 2.45) is 0 Å². The van der Waals surface area contributed by atoms with E-state index in [0.717, 1.165) is 10.4 Å². The normalized spacial score (nSPS) is 12.0. The highest BCUT2D eigenvalue weighted by molar-refractivity contribution is 7.89. The number of halogens is 1. The summed E-state index contributed by atoms with van der Waals surface area (Å²) in [5.74, 6) is 0. The van der Waals surface area contributed by atoms with E-state index in [2.05, 4.69) is 5.32 Å². The van der Waals surface area contributed by atoms with Crippen molar-refractivity contribution in [1.82, 2.24) is 9.62 Å². The van der Waals surface area contributed by atoms with E-state index in [9.17, 15) is 8.42 Å².